The minimum atomic E-state index is -1.76. The van der Waals surface area contributed by atoms with E-state index in [0.29, 0.717) is 24.0 Å². The van der Waals surface area contributed by atoms with E-state index in [4.69, 9.17) is 19.9 Å². The van der Waals surface area contributed by atoms with Crippen LogP contribution in [0.1, 0.15) is 61.9 Å². The van der Waals surface area contributed by atoms with E-state index in [9.17, 15) is 35.1 Å². The van der Waals surface area contributed by atoms with Gasteiger partial charge in [0.25, 0.3) is 0 Å². The number of guanidine groups is 1. The maximum absolute atomic E-state index is 14.0. The van der Waals surface area contributed by atoms with Crippen molar-refractivity contribution in [1.29, 1.82) is 0 Å². The number of nitrogens with two attached hydrogens (primary N) is 1. The van der Waals surface area contributed by atoms with Crippen LogP contribution in [0.3, 0.4) is 0 Å². The lowest BCUT2D eigenvalue weighted by Gasteiger charge is -2.40. The molecular formula is C27H31N3O10. The molecule has 1 saturated heterocycles. The number of nitrogens with one attached hydrogen (secondary N) is 1. The van der Waals surface area contributed by atoms with E-state index in [1.807, 2.05) is 0 Å². The van der Waals surface area contributed by atoms with Crippen LogP contribution in [-0.2, 0) is 11.2 Å². The zero-order valence-electron chi connectivity index (χ0n) is 21.8. The Labute approximate surface area is 228 Å². The fourth-order valence-corrected chi connectivity index (χ4v) is 5.55. The molecule has 1 heterocycles. The van der Waals surface area contributed by atoms with Crippen molar-refractivity contribution in [1.82, 2.24) is 5.32 Å². The lowest BCUT2D eigenvalue weighted by molar-refractivity contribution is -0.277. The number of benzene rings is 2. The monoisotopic (exact) mass is 557 g/mol. The van der Waals surface area contributed by atoms with E-state index in [1.165, 1.54) is 26.3 Å². The summed E-state index contributed by atoms with van der Waals surface area (Å²) in [7, 11) is 2.87. The van der Waals surface area contributed by atoms with Gasteiger partial charge < -0.3 is 50.8 Å². The molecule has 2 aromatic rings. The summed E-state index contributed by atoms with van der Waals surface area (Å²) >= 11 is 0. The molecule has 6 atom stereocenters. The number of ketones is 2. The summed E-state index contributed by atoms with van der Waals surface area (Å²) in [4.78, 5) is 31.7. The quantitative estimate of drug-likeness (QED) is 0.153. The summed E-state index contributed by atoms with van der Waals surface area (Å²) < 4.78 is 16.5. The number of nitrogens with zero attached hydrogens (tertiary/aromatic N) is 1. The number of phenolic OH excluding ortho intramolecular Hbond substituents is 1. The van der Waals surface area contributed by atoms with Gasteiger partial charge in [-0.1, -0.05) is 0 Å². The SMILES string of the molecule is CN=C(N)N[C@@H]1CCCc2cc3c(c(O)c21)C(=O)c1c(O[C@@H]2O[C@H](CO)[C@@H](O)[C@H](O)[C@H]2O)cc(OC)cc1C3=O. The van der Waals surface area contributed by atoms with E-state index >= 15 is 0 Å². The van der Waals surface area contributed by atoms with Crippen LogP contribution >= 0.6 is 0 Å². The van der Waals surface area contributed by atoms with Crippen LogP contribution in [0.5, 0.6) is 17.2 Å². The molecule has 0 bridgehead atoms. The van der Waals surface area contributed by atoms with Gasteiger partial charge in [-0.3, -0.25) is 14.6 Å². The Bertz CT molecular complexity index is 1390. The molecule has 2 aliphatic carbocycles. The molecule has 0 unspecified atom stereocenters. The molecule has 13 nitrogen and oxygen atoms in total. The number of aliphatic hydroxyl groups is 4. The van der Waals surface area contributed by atoms with Gasteiger partial charge in [-0.2, -0.15) is 0 Å². The number of phenols is 1. The Hall–Kier alpha value is -3.75. The number of fused-ring (bicyclic) bond motifs is 3. The van der Waals surface area contributed by atoms with Gasteiger partial charge >= 0.3 is 0 Å². The molecule has 3 aliphatic rings. The van der Waals surface area contributed by atoms with Gasteiger partial charge in [0.15, 0.2) is 11.7 Å². The van der Waals surface area contributed by atoms with Crippen molar-refractivity contribution in [3.05, 3.63) is 51.6 Å². The van der Waals surface area contributed by atoms with E-state index < -0.39 is 54.9 Å². The second kappa shape index (κ2) is 10.7. The van der Waals surface area contributed by atoms with Crippen molar-refractivity contribution in [3.8, 4) is 17.2 Å². The van der Waals surface area contributed by atoms with Crippen LogP contribution < -0.4 is 20.5 Å². The average molecular weight is 558 g/mol. The molecule has 0 aromatic heterocycles. The third-order valence-electron chi connectivity index (χ3n) is 7.62. The number of hydrogen-bond donors (Lipinski definition) is 7. The highest BCUT2D eigenvalue weighted by Gasteiger charge is 2.46. The second-order valence-electron chi connectivity index (χ2n) is 9.94. The van der Waals surface area contributed by atoms with Crippen LogP contribution in [-0.4, -0.2) is 94.5 Å². The Kier molecular flexibility index (Phi) is 7.42. The first-order chi connectivity index (χ1) is 19.1. The highest BCUT2D eigenvalue weighted by Crippen LogP contribution is 2.45. The molecule has 0 spiro atoms. The fraction of sp³-hybridized carbons (Fsp3) is 0.444. The van der Waals surface area contributed by atoms with Crippen molar-refractivity contribution >= 4 is 17.5 Å². The summed E-state index contributed by atoms with van der Waals surface area (Å²) in [6.07, 6.45) is -6.06. The van der Waals surface area contributed by atoms with Crippen molar-refractivity contribution in [2.24, 2.45) is 10.7 Å². The highest BCUT2D eigenvalue weighted by molar-refractivity contribution is 6.30. The zero-order valence-corrected chi connectivity index (χ0v) is 21.8. The molecule has 2 aromatic carbocycles. The molecule has 0 saturated carbocycles. The number of hydrogen-bond acceptors (Lipinski definition) is 11. The number of methoxy groups -OCH3 is 1. The lowest BCUT2D eigenvalue weighted by Crippen LogP contribution is -2.60. The first-order valence-corrected chi connectivity index (χ1v) is 12.8. The molecule has 13 heteroatoms. The van der Waals surface area contributed by atoms with Crippen LogP contribution in [0, 0.1) is 0 Å². The van der Waals surface area contributed by atoms with Crippen molar-refractivity contribution in [2.45, 2.75) is 56.0 Å². The number of ether oxygens (including phenoxy) is 3. The number of carbonyl (C=O) groups is 2. The second-order valence-corrected chi connectivity index (χ2v) is 9.94. The minimum absolute atomic E-state index is 0.0265. The highest BCUT2D eigenvalue weighted by atomic mass is 16.7. The van der Waals surface area contributed by atoms with Gasteiger partial charge in [-0.15, -0.1) is 0 Å². The van der Waals surface area contributed by atoms with Gasteiger partial charge in [0, 0.05) is 29.8 Å². The largest absolute Gasteiger partial charge is 0.507 e. The molecule has 5 rings (SSSR count). The van der Waals surface area contributed by atoms with Crippen LogP contribution in [0.15, 0.2) is 23.2 Å². The summed E-state index contributed by atoms with van der Waals surface area (Å²) in [6, 6.07) is 3.84. The molecule has 214 valence electrons. The maximum Gasteiger partial charge on any atom is 0.229 e. The van der Waals surface area contributed by atoms with Crippen LogP contribution in [0.2, 0.25) is 0 Å². The number of aliphatic hydroxyl groups excluding tert-OH is 4. The third-order valence-corrected chi connectivity index (χ3v) is 7.62. The summed E-state index contributed by atoms with van der Waals surface area (Å²) in [5.41, 5.74) is 6.59. The molecule has 0 amide bonds. The van der Waals surface area contributed by atoms with Gasteiger partial charge in [-0.05, 0) is 37.0 Å². The first kappa shape index (κ1) is 27.8. The van der Waals surface area contributed by atoms with E-state index in [2.05, 4.69) is 10.3 Å². The van der Waals surface area contributed by atoms with Crippen LogP contribution in [0.4, 0.5) is 0 Å². The summed E-state index contributed by atoms with van der Waals surface area (Å²) in [6.45, 7) is -0.687. The molecule has 40 heavy (non-hydrogen) atoms. The topological polar surface area (TPSA) is 213 Å². The van der Waals surface area contributed by atoms with Gasteiger partial charge in [0.05, 0.1) is 30.9 Å². The van der Waals surface area contributed by atoms with Gasteiger partial charge in [0.2, 0.25) is 12.1 Å². The number of carbonyl (C=O) groups excluding carboxylic acids is 2. The van der Waals surface area contributed by atoms with E-state index in [-0.39, 0.29) is 45.5 Å². The summed E-state index contributed by atoms with van der Waals surface area (Å²) in [5.74, 6) is -1.53. The maximum atomic E-state index is 14.0. The number of aryl methyl sites for hydroxylation is 1. The number of aliphatic imine (C=N–C) groups is 1. The smallest absolute Gasteiger partial charge is 0.229 e. The van der Waals surface area contributed by atoms with Crippen LogP contribution in [0.25, 0.3) is 0 Å². The normalized spacial score (nSPS) is 27.9. The standard InChI is InChI=1S/C27H31N3O10/c1-29-27(28)30-14-5-3-4-10-6-12-19(22(34)17(10)14)23(35)18-13(20(12)32)7-11(38-2)8-15(18)39-26-25(37)24(36)21(33)16(9-31)40-26/h6-8,14,16,21,24-26,31,33-34,36-37H,3-5,9H2,1-2H3,(H3,28,29,30)/t14-,16-,21-,24+,25-,26-/m1/s1. The molecule has 1 aliphatic heterocycles. The Morgan fingerprint density at radius 1 is 1.10 bits per heavy atom. The first-order valence-electron chi connectivity index (χ1n) is 12.8. The van der Waals surface area contributed by atoms with Crippen molar-refractivity contribution in [3.63, 3.8) is 0 Å². The molecule has 0 radical (unpaired) electrons. The van der Waals surface area contributed by atoms with Gasteiger partial charge in [-0.25, -0.2) is 0 Å². The minimum Gasteiger partial charge on any atom is -0.507 e. The Balaban J connectivity index is 1.61. The number of rotatable bonds is 5. The van der Waals surface area contributed by atoms with E-state index in [0.717, 1.165) is 6.42 Å². The van der Waals surface area contributed by atoms with Gasteiger partial charge in [0.1, 0.15) is 41.7 Å². The lowest BCUT2D eigenvalue weighted by atomic mass is 9.77. The Morgan fingerprint density at radius 3 is 2.50 bits per heavy atom. The predicted octanol–water partition coefficient (Wildman–Crippen LogP) is -0.734. The molecule has 1 fully saturated rings. The van der Waals surface area contributed by atoms with Crippen molar-refractivity contribution in [2.75, 3.05) is 20.8 Å². The Morgan fingerprint density at radius 2 is 1.82 bits per heavy atom. The fourth-order valence-electron chi connectivity index (χ4n) is 5.55. The predicted molar refractivity (Wildman–Crippen MR) is 139 cm³/mol. The number of aromatic hydroxyl groups is 1. The van der Waals surface area contributed by atoms with Crippen molar-refractivity contribution < 1.29 is 49.3 Å². The summed E-state index contributed by atoms with van der Waals surface area (Å²) in [5, 5.41) is 54.8. The van der Waals surface area contributed by atoms with E-state index in [1.54, 1.807) is 6.07 Å². The molecular weight excluding hydrogens is 526 g/mol. The zero-order chi connectivity index (χ0) is 28.9. The average Bonchev–Trinajstić information content (AvgIpc) is 2.95. The third kappa shape index (κ3) is 4.45. The molecule has 8 N–H and O–H groups in total.